The number of hydrogen-bond donors (Lipinski definition) is 0. The van der Waals surface area contributed by atoms with Crippen molar-refractivity contribution in [3.8, 4) is 11.3 Å². The quantitative estimate of drug-likeness (QED) is 0.772. The summed E-state index contributed by atoms with van der Waals surface area (Å²) >= 11 is 0. The largest absolute Gasteiger partial charge is 0.368 e. The third-order valence-corrected chi connectivity index (χ3v) is 3.61. The zero-order valence-electron chi connectivity index (χ0n) is 13.8. The Morgan fingerprint density at radius 2 is 1.96 bits per heavy atom. The molecule has 0 aliphatic heterocycles. The molecular formula is C17H20F2N4. The van der Waals surface area contributed by atoms with E-state index >= 15 is 0 Å². The van der Waals surface area contributed by atoms with Crippen molar-refractivity contribution in [3.63, 3.8) is 0 Å². The number of nitrogens with zero attached hydrogens (tertiary/aromatic N) is 4. The Bertz CT molecular complexity index is 729. The Morgan fingerprint density at radius 1 is 1.26 bits per heavy atom. The predicted octanol–water partition coefficient (Wildman–Crippen LogP) is 4.30. The fraction of sp³-hybridized carbons (Fsp3) is 0.353. The molecule has 4 nitrogen and oxygen atoms in total. The SMILES string of the molecule is C=Nc1c(F)cc(-c2nc(C)ncc2F)cc1N(CC)C(C)C. The monoisotopic (exact) mass is 318 g/mol. The van der Waals surface area contributed by atoms with Crippen LogP contribution < -0.4 is 4.90 Å². The van der Waals surface area contributed by atoms with Gasteiger partial charge in [0.15, 0.2) is 11.6 Å². The second kappa shape index (κ2) is 6.81. The van der Waals surface area contributed by atoms with Crippen LogP contribution in [0.5, 0.6) is 0 Å². The van der Waals surface area contributed by atoms with E-state index in [-0.39, 0.29) is 17.4 Å². The standard InChI is InChI=1S/C17H20F2N4/c1-6-23(10(2)3)15-8-12(7-13(18)17(15)20-5)16-14(19)9-21-11(4)22-16/h7-10H,5-6H2,1-4H3. The maximum atomic E-state index is 14.5. The summed E-state index contributed by atoms with van der Waals surface area (Å²) in [5.74, 6) is -0.722. The van der Waals surface area contributed by atoms with Crippen LogP contribution in [0.25, 0.3) is 11.3 Å². The first-order chi connectivity index (χ1) is 10.9. The van der Waals surface area contributed by atoms with E-state index in [1.165, 1.54) is 6.07 Å². The van der Waals surface area contributed by atoms with Gasteiger partial charge in [-0.25, -0.2) is 18.7 Å². The van der Waals surface area contributed by atoms with Crippen molar-refractivity contribution >= 4 is 18.1 Å². The van der Waals surface area contributed by atoms with Gasteiger partial charge in [-0.05, 0) is 46.5 Å². The third kappa shape index (κ3) is 3.36. The zero-order valence-corrected chi connectivity index (χ0v) is 13.8. The van der Waals surface area contributed by atoms with Gasteiger partial charge in [0.25, 0.3) is 0 Å². The van der Waals surface area contributed by atoms with Crippen molar-refractivity contribution in [2.45, 2.75) is 33.7 Å². The Hall–Kier alpha value is -2.37. The number of anilines is 1. The minimum absolute atomic E-state index is 0.0769. The van der Waals surface area contributed by atoms with Crippen LogP contribution in [0, 0.1) is 18.6 Å². The van der Waals surface area contributed by atoms with Crippen LogP contribution >= 0.6 is 0 Å². The predicted molar refractivity (Wildman–Crippen MR) is 89.5 cm³/mol. The Morgan fingerprint density at radius 3 is 2.52 bits per heavy atom. The summed E-state index contributed by atoms with van der Waals surface area (Å²) in [6, 6.07) is 3.06. The van der Waals surface area contributed by atoms with Gasteiger partial charge >= 0.3 is 0 Å². The molecule has 0 unspecified atom stereocenters. The second-order valence-corrected chi connectivity index (χ2v) is 5.48. The molecule has 0 saturated carbocycles. The molecule has 0 atom stereocenters. The lowest BCUT2D eigenvalue weighted by Gasteiger charge is -2.29. The number of aromatic nitrogens is 2. The second-order valence-electron chi connectivity index (χ2n) is 5.48. The summed E-state index contributed by atoms with van der Waals surface area (Å²) in [6.07, 6.45) is 1.09. The van der Waals surface area contributed by atoms with Gasteiger partial charge in [0, 0.05) is 18.2 Å². The lowest BCUT2D eigenvalue weighted by Crippen LogP contribution is -2.30. The van der Waals surface area contributed by atoms with Crippen molar-refractivity contribution in [2.24, 2.45) is 4.99 Å². The fourth-order valence-corrected chi connectivity index (χ4v) is 2.57. The number of rotatable bonds is 5. The highest BCUT2D eigenvalue weighted by Gasteiger charge is 2.19. The lowest BCUT2D eigenvalue weighted by molar-refractivity contribution is 0.613. The van der Waals surface area contributed by atoms with Crippen LogP contribution in [0.1, 0.15) is 26.6 Å². The summed E-state index contributed by atoms with van der Waals surface area (Å²) in [5.41, 5.74) is 1.17. The van der Waals surface area contributed by atoms with Crippen LogP contribution in [0.4, 0.5) is 20.2 Å². The van der Waals surface area contributed by atoms with Gasteiger partial charge in [0.1, 0.15) is 17.2 Å². The zero-order chi connectivity index (χ0) is 17.1. The highest BCUT2D eigenvalue weighted by molar-refractivity contribution is 5.77. The van der Waals surface area contributed by atoms with Crippen molar-refractivity contribution in [1.29, 1.82) is 0 Å². The molecule has 0 N–H and O–H groups in total. The molecule has 0 spiro atoms. The molecule has 122 valence electrons. The summed E-state index contributed by atoms with van der Waals surface area (Å²) in [4.78, 5) is 13.7. The third-order valence-electron chi connectivity index (χ3n) is 3.61. The molecule has 2 rings (SSSR count). The van der Waals surface area contributed by atoms with Gasteiger partial charge < -0.3 is 4.90 Å². The normalized spacial score (nSPS) is 10.9. The molecule has 0 fully saturated rings. The minimum Gasteiger partial charge on any atom is -0.368 e. The van der Waals surface area contributed by atoms with Gasteiger partial charge in [-0.2, -0.15) is 0 Å². The minimum atomic E-state index is -0.590. The van der Waals surface area contributed by atoms with Crippen molar-refractivity contribution in [2.75, 3.05) is 11.4 Å². The Labute approximate surface area is 134 Å². The van der Waals surface area contributed by atoms with Gasteiger partial charge in [0.2, 0.25) is 0 Å². The molecule has 1 heterocycles. The summed E-state index contributed by atoms with van der Waals surface area (Å²) in [7, 11) is 0. The summed E-state index contributed by atoms with van der Waals surface area (Å²) in [5, 5.41) is 0. The molecule has 1 aromatic carbocycles. The van der Waals surface area contributed by atoms with Gasteiger partial charge in [-0.1, -0.05) is 0 Å². The molecule has 0 aliphatic carbocycles. The highest BCUT2D eigenvalue weighted by atomic mass is 19.1. The Balaban J connectivity index is 2.70. The van der Waals surface area contributed by atoms with Crippen LogP contribution in [-0.4, -0.2) is 29.3 Å². The van der Waals surface area contributed by atoms with E-state index < -0.39 is 11.6 Å². The van der Waals surface area contributed by atoms with Gasteiger partial charge in [-0.15, -0.1) is 0 Å². The van der Waals surface area contributed by atoms with E-state index in [1.807, 2.05) is 25.7 Å². The molecule has 6 heteroatoms. The molecule has 0 amide bonds. The Kier molecular flexibility index (Phi) is 5.03. The van der Waals surface area contributed by atoms with Crippen LogP contribution in [0.15, 0.2) is 23.3 Å². The smallest absolute Gasteiger partial charge is 0.167 e. The van der Waals surface area contributed by atoms with E-state index in [1.54, 1.807) is 13.0 Å². The molecular weight excluding hydrogens is 298 g/mol. The number of benzene rings is 1. The highest BCUT2D eigenvalue weighted by Crippen LogP contribution is 2.37. The average molecular weight is 318 g/mol. The molecule has 0 bridgehead atoms. The van der Waals surface area contributed by atoms with Crippen LogP contribution in [0.2, 0.25) is 0 Å². The van der Waals surface area contributed by atoms with Crippen LogP contribution in [-0.2, 0) is 0 Å². The first-order valence-electron chi connectivity index (χ1n) is 7.45. The number of hydrogen-bond acceptors (Lipinski definition) is 4. The van der Waals surface area contributed by atoms with E-state index in [2.05, 4.69) is 21.7 Å². The maximum Gasteiger partial charge on any atom is 0.167 e. The van der Waals surface area contributed by atoms with E-state index in [0.717, 1.165) is 6.20 Å². The summed E-state index contributed by atoms with van der Waals surface area (Å²) < 4.78 is 28.5. The number of aryl methyl sites for hydroxylation is 1. The first kappa shape index (κ1) is 17.0. The molecule has 2 aromatic rings. The molecule has 0 aliphatic rings. The van der Waals surface area contributed by atoms with E-state index in [4.69, 9.17) is 0 Å². The average Bonchev–Trinajstić information content (AvgIpc) is 2.49. The van der Waals surface area contributed by atoms with Gasteiger partial charge in [0.05, 0.1) is 11.9 Å². The number of halogens is 2. The van der Waals surface area contributed by atoms with E-state index in [9.17, 15) is 8.78 Å². The maximum absolute atomic E-state index is 14.5. The van der Waals surface area contributed by atoms with Crippen molar-refractivity contribution in [3.05, 3.63) is 35.8 Å². The van der Waals surface area contributed by atoms with Gasteiger partial charge in [-0.3, -0.25) is 4.99 Å². The van der Waals surface area contributed by atoms with Crippen molar-refractivity contribution in [1.82, 2.24) is 9.97 Å². The lowest BCUT2D eigenvalue weighted by atomic mass is 10.1. The molecule has 23 heavy (non-hydrogen) atoms. The molecule has 1 aromatic heterocycles. The van der Waals surface area contributed by atoms with E-state index in [0.29, 0.717) is 23.6 Å². The molecule has 0 saturated heterocycles. The molecule has 0 radical (unpaired) electrons. The summed E-state index contributed by atoms with van der Waals surface area (Å²) in [6.45, 7) is 11.7. The van der Waals surface area contributed by atoms with Crippen LogP contribution in [0.3, 0.4) is 0 Å². The first-order valence-corrected chi connectivity index (χ1v) is 7.45. The number of aliphatic imine (C=N–C) groups is 1. The topological polar surface area (TPSA) is 41.4 Å². The fourth-order valence-electron chi connectivity index (χ4n) is 2.57. The van der Waals surface area contributed by atoms with Crippen molar-refractivity contribution < 1.29 is 8.78 Å².